The standard InChI is InChI=1S/C14H12N2O4/c1-16-7-11(13-10(14(17)18)6-15-20-13)9-5-8(19-2)3-4-12(9)16/h3-7H,1-2H3,(H,17,18). The average Bonchev–Trinajstić information content (AvgIpc) is 3.03. The SMILES string of the molecule is COc1ccc2c(c1)c(-c1oncc1C(=O)O)cn2C. The van der Waals surface area contributed by atoms with Crippen molar-refractivity contribution in [1.82, 2.24) is 9.72 Å². The van der Waals surface area contributed by atoms with E-state index < -0.39 is 5.97 Å². The van der Waals surface area contributed by atoms with Crippen LogP contribution in [0.1, 0.15) is 10.4 Å². The topological polar surface area (TPSA) is 77.5 Å². The Morgan fingerprint density at radius 3 is 2.95 bits per heavy atom. The van der Waals surface area contributed by atoms with Crippen LogP contribution >= 0.6 is 0 Å². The molecule has 0 aliphatic carbocycles. The minimum Gasteiger partial charge on any atom is -0.497 e. The number of methoxy groups -OCH3 is 1. The molecule has 102 valence electrons. The van der Waals surface area contributed by atoms with Crippen molar-refractivity contribution in [1.29, 1.82) is 0 Å². The number of aromatic nitrogens is 2. The van der Waals surface area contributed by atoms with Gasteiger partial charge in [0, 0.05) is 29.7 Å². The molecule has 20 heavy (non-hydrogen) atoms. The first kappa shape index (κ1) is 12.3. The Balaban J connectivity index is 2.30. The van der Waals surface area contributed by atoms with Gasteiger partial charge in [0.05, 0.1) is 13.3 Å². The predicted molar refractivity (Wildman–Crippen MR) is 71.9 cm³/mol. The number of rotatable bonds is 3. The summed E-state index contributed by atoms with van der Waals surface area (Å²) in [5.74, 6) is -0.126. The smallest absolute Gasteiger partial charge is 0.341 e. The van der Waals surface area contributed by atoms with Crippen LogP contribution in [0.15, 0.2) is 35.1 Å². The van der Waals surface area contributed by atoms with Crippen LogP contribution in [0.5, 0.6) is 5.75 Å². The molecule has 0 spiro atoms. The molecule has 0 saturated heterocycles. The second-order valence-electron chi connectivity index (χ2n) is 4.41. The Morgan fingerprint density at radius 2 is 2.25 bits per heavy atom. The van der Waals surface area contributed by atoms with Crippen LogP contribution in [0, 0.1) is 0 Å². The molecule has 1 N–H and O–H groups in total. The molecule has 6 nitrogen and oxygen atoms in total. The van der Waals surface area contributed by atoms with Crippen LogP contribution in [0.4, 0.5) is 0 Å². The van der Waals surface area contributed by atoms with E-state index in [0.29, 0.717) is 11.3 Å². The highest BCUT2D eigenvalue weighted by Crippen LogP contribution is 2.34. The van der Waals surface area contributed by atoms with Crippen LogP contribution in [0.3, 0.4) is 0 Å². The highest BCUT2D eigenvalue weighted by molar-refractivity contribution is 6.01. The van der Waals surface area contributed by atoms with Gasteiger partial charge in [-0.3, -0.25) is 0 Å². The first-order valence-electron chi connectivity index (χ1n) is 5.93. The second-order valence-corrected chi connectivity index (χ2v) is 4.41. The lowest BCUT2D eigenvalue weighted by molar-refractivity contribution is 0.0697. The molecule has 3 rings (SSSR count). The maximum atomic E-state index is 11.2. The van der Waals surface area contributed by atoms with Gasteiger partial charge in [0.25, 0.3) is 0 Å². The van der Waals surface area contributed by atoms with Gasteiger partial charge in [0.1, 0.15) is 11.3 Å². The fourth-order valence-electron chi connectivity index (χ4n) is 2.27. The van der Waals surface area contributed by atoms with Crippen LogP contribution in [-0.4, -0.2) is 27.9 Å². The third-order valence-electron chi connectivity index (χ3n) is 3.24. The number of hydrogen-bond donors (Lipinski definition) is 1. The van der Waals surface area contributed by atoms with E-state index in [1.54, 1.807) is 7.11 Å². The van der Waals surface area contributed by atoms with Gasteiger partial charge in [-0.1, -0.05) is 5.16 Å². The highest BCUT2D eigenvalue weighted by Gasteiger charge is 2.21. The number of carboxylic acid groups (broad SMARTS) is 1. The van der Waals surface area contributed by atoms with Gasteiger partial charge in [-0.25, -0.2) is 4.79 Å². The van der Waals surface area contributed by atoms with Crippen molar-refractivity contribution in [2.75, 3.05) is 7.11 Å². The first-order chi connectivity index (χ1) is 9.61. The molecule has 0 amide bonds. The average molecular weight is 272 g/mol. The lowest BCUT2D eigenvalue weighted by Gasteiger charge is -2.01. The van der Waals surface area contributed by atoms with Gasteiger partial charge in [-0.05, 0) is 18.2 Å². The summed E-state index contributed by atoms with van der Waals surface area (Å²) < 4.78 is 12.2. The monoisotopic (exact) mass is 272 g/mol. The summed E-state index contributed by atoms with van der Waals surface area (Å²) >= 11 is 0. The van der Waals surface area contributed by atoms with E-state index in [4.69, 9.17) is 14.4 Å². The molecule has 0 bridgehead atoms. The van der Waals surface area contributed by atoms with Crippen molar-refractivity contribution in [3.05, 3.63) is 36.2 Å². The maximum Gasteiger partial charge on any atom is 0.341 e. The summed E-state index contributed by atoms with van der Waals surface area (Å²) in [4.78, 5) is 11.2. The van der Waals surface area contributed by atoms with E-state index in [1.807, 2.05) is 36.0 Å². The molecule has 0 unspecified atom stereocenters. The Kier molecular flexibility index (Phi) is 2.71. The molecular formula is C14H12N2O4. The zero-order chi connectivity index (χ0) is 14.3. The Morgan fingerprint density at radius 1 is 1.45 bits per heavy atom. The van der Waals surface area contributed by atoms with E-state index in [9.17, 15) is 4.79 Å². The van der Waals surface area contributed by atoms with Crippen molar-refractivity contribution in [2.24, 2.45) is 7.05 Å². The number of fused-ring (bicyclic) bond motifs is 1. The number of carboxylic acids is 1. The molecule has 0 fully saturated rings. The van der Waals surface area contributed by atoms with E-state index in [-0.39, 0.29) is 11.3 Å². The molecule has 0 atom stereocenters. The normalized spacial score (nSPS) is 10.9. The lowest BCUT2D eigenvalue weighted by Crippen LogP contribution is -1.95. The summed E-state index contributed by atoms with van der Waals surface area (Å²) in [6.07, 6.45) is 3.02. The maximum absolute atomic E-state index is 11.2. The van der Waals surface area contributed by atoms with Crippen molar-refractivity contribution in [3.8, 4) is 17.1 Å². The number of aryl methyl sites for hydroxylation is 1. The third-order valence-corrected chi connectivity index (χ3v) is 3.24. The van der Waals surface area contributed by atoms with Crippen molar-refractivity contribution in [2.45, 2.75) is 0 Å². The zero-order valence-electron chi connectivity index (χ0n) is 11.0. The summed E-state index contributed by atoms with van der Waals surface area (Å²) in [5, 5.41) is 13.6. The number of nitrogens with zero attached hydrogens (tertiary/aromatic N) is 2. The summed E-state index contributed by atoms with van der Waals surface area (Å²) in [7, 11) is 3.47. The molecule has 0 radical (unpaired) electrons. The number of benzene rings is 1. The van der Waals surface area contributed by atoms with Crippen molar-refractivity contribution in [3.63, 3.8) is 0 Å². The molecule has 6 heteroatoms. The molecule has 2 heterocycles. The quantitative estimate of drug-likeness (QED) is 0.792. The highest BCUT2D eigenvalue weighted by atomic mass is 16.5. The molecular weight excluding hydrogens is 260 g/mol. The molecule has 0 aliphatic heterocycles. The number of hydrogen-bond acceptors (Lipinski definition) is 4. The van der Waals surface area contributed by atoms with Gasteiger partial charge in [0.15, 0.2) is 5.76 Å². The predicted octanol–water partition coefficient (Wildman–Crippen LogP) is 2.54. The number of carbonyl (C=O) groups is 1. The fraction of sp³-hybridized carbons (Fsp3) is 0.143. The molecule has 1 aromatic carbocycles. The Bertz CT molecular complexity index is 801. The van der Waals surface area contributed by atoms with Gasteiger partial charge in [-0.15, -0.1) is 0 Å². The van der Waals surface area contributed by atoms with Gasteiger partial charge in [-0.2, -0.15) is 0 Å². The number of ether oxygens (including phenoxy) is 1. The van der Waals surface area contributed by atoms with Crippen molar-refractivity contribution >= 4 is 16.9 Å². The van der Waals surface area contributed by atoms with Crippen molar-refractivity contribution < 1.29 is 19.2 Å². The van der Waals surface area contributed by atoms with Crippen LogP contribution < -0.4 is 4.74 Å². The van der Waals surface area contributed by atoms with E-state index in [0.717, 1.165) is 10.9 Å². The van der Waals surface area contributed by atoms with Gasteiger partial charge in [0.2, 0.25) is 0 Å². The van der Waals surface area contributed by atoms with Gasteiger partial charge >= 0.3 is 5.97 Å². The van der Waals surface area contributed by atoms with Crippen LogP contribution in [0.2, 0.25) is 0 Å². The largest absolute Gasteiger partial charge is 0.497 e. The molecule has 3 aromatic rings. The minimum atomic E-state index is -1.07. The summed E-state index contributed by atoms with van der Waals surface area (Å²) in [6.45, 7) is 0. The summed E-state index contributed by atoms with van der Waals surface area (Å²) in [5.41, 5.74) is 1.67. The Labute approximate surface area is 114 Å². The van der Waals surface area contributed by atoms with Crippen LogP contribution in [-0.2, 0) is 7.05 Å². The summed E-state index contributed by atoms with van der Waals surface area (Å²) in [6, 6.07) is 5.61. The lowest BCUT2D eigenvalue weighted by atomic mass is 10.1. The second kappa shape index (κ2) is 4.41. The van der Waals surface area contributed by atoms with E-state index in [1.165, 1.54) is 6.20 Å². The Hall–Kier alpha value is -2.76. The molecule has 2 aromatic heterocycles. The van der Waals surface area contributed by atoms with Gasteiger partial charge < -0.3 is 18.9 Å². The minimum absolute atomic E-state index is 0.0420. The van der Waals surface area contributed by atoms with E-state index >= 15 is 0 Å². The molecule has 0 aliphatic rings. The fourth-order valence-corrected chi connectivity index (χ4v) is 2.27. The van der Waals surface area contributed by atoms with E-state index in [2.05, 4.69) is 5.16 Å². The number of aromatic carboxylic acids is 1. The third kappa shape index (κ3) is 1.73. The first-order valence-corrected chi connectivity index (χ1v) is 5.93. The zero-order valence-corrected chi connectivity index (χ0v) is 11.0. The van der Waals surface area contributed by atoms with Crippen LogP contribution in [0.25, 0.3) is 22.2 Å². The molecule has 0 saturated carbocycles.